The minimum absolute atomic E-state index is 0.553. The molecule has 0 amide bonds. The fourth-order valence-corrected chi connectivity index (χ4v) is 6.83. The zero-order valence-electron chi connectivity index (χ0n) is 29.4. The number of furan rings is 1. The van der Waals surface area contributed by atoms with Gasteiger partial charge in [-0.15, -0.1) is 0 Å². The lowest BCUT2D eigenvalue weighted by atomic mass is 10.0. The first kappa shape index (κ1) is 32.0. The van der Waals surface area contributed by atoms with E-state index >= 15 is 0 Å². The topological polar surface area (TPSA) is 90.5 Å². The monoisotopic (exact) mass is 706 g/mol. The van der Waals surface area contributed by atoms with Crippen LogP contribution in [0.4, 0.5) is 0 Å². The van der Waals surface area contributed by atoms with E-state index in [1.54, 1.807) is 0 Å². The fraction of sp³-hybridized carbons (Fsp3) is 0. The lowest BCUT2D eigenvalue weighted by molar-refractivity contribution is 0.669. The van der Waals surface area contributed by atoms with E-state index in [0.717, 1.165) is 66.4 Å². The van der Waals surface area contributed by atoms with Crippen LogP contribution in [0.5, 0.6) is 0 Å². The van der Waals surface area contributed by atoms with Crippen molar-refractivity contribution in [1.82, 2.24) is 29.9 Å². The molecule has 0 atom stereocenters. The Labute approximate surface area is 316 Å². The van der Waals surface area contributed by atoms with Gasteiger partial charge in [0.25, 0.3) is 0 Å². The summed E-state index contributed by atoms with van der Waals surface area (Å²) in [6.07, 6.45) is 0. The first-order valence-corrected chi connectivity index (χ1v) is 18.0. The number of rotatable bonds is 7. The van der Waals surface area contributed by atoms with E-state index in [1.807, 2.05) is 133 Å². The second kappa shape index (κ2) is 13.7. The third-order valence-corrected chi connectivity index (χ3v) is 9.61. The number of hydrogen-bond donors (Lipinski definition) is 0. The molecule has 3 heterocycles. The Hall–Kier alpha value is -7.64. The summed E-state index contributed by atoms with van der Waals surface area (Å²) in [5.41, 5.74) is 8.99. The molecular weight excluding hydrogens is 677 g/mol. The van der Waals surface area contributed by atoms with Crippen LogP contribution in [0.2, 0.25) is 0 Å². The molecule has 258 valence electrons. The highest BCUT2D eigenvalue weighted by Gasteiger charge is 2.18. The summed E-state index contributed by atoms with van der Waals surface area (Å²) in [5.74, 6) is 3.64. The first-order valence-electron chi connectivity index (χ1n) is 18.0. The second-order valence-electron chi connectivity index (χ2n) is 13.1. The highest BCUT2D eigenvalue weighted by Crippen LogP contribution is 2.38. The van der Waals surface area contributed by atoms with E-state index in [0.29, 0.717) is 34.9 Å². The standard InChI is InChI=1S/C48H30N6O/c1-5-14-32(15-6-1)43-49-44(33-16-7-2-8-17-33)51-47(50-43)36-26-24-31(25-27-36)37-28-29-38-39-22-13-23-40(42(39)55-41(38)30-37)48-53-45(34-18-9-3-10-19-34)52-46(54-48)35-20-11-4-12-21-35/h1-30H. The number of fused-ring (bicyclic) bond motifs is 3. The number of aromatic nitrogens is 6. The van der Waals surface area contributed by atoms with Gasteiger partial charge in [-0.05, 0) is 29.3 Å². The Bertz CT molecular complexity index is 2840. The molecule has 0 aliphatic heterocycles. The van der Waals surface area contributed by atoms with Crippen LogP contribution in [0.1, 0.15) is 0 Å². The summed E-state index contributed by atoms with van der Waals surface area (Å²) in [6, 6.07) is 60.8. The number of hydrogen-bond acceptors (Lipinski definition) is 7. The number of para-hydroxylation sites is 1. The van der Waals surface area contributed by atoms with Crippen LogP contribution < -0.4 is 0 Å². The highest BCUT2D eigenvalue weighted by atomic mass is 16.3. The largest absolute Gasteiger partial charge is 0.455 e. The summed E-state index contributed by atoms with van der Waals surface area (Å²) in [7, 11) is 0. The molecule has 3 aromatic heterocycles. The summed E-state index contributed by atoms with van der Waals surface area (Å²) in [5, 5.41) is 2.01. The van der Waals surface area contributed by atoms with Gasteiger partial charge in [-0.25, -0.2) is 29.9 Å². The molecule has 0 saturated carbocycles. The smallest absolute Gasteiger partial charge is 0.167 e. The van der Waals surface area contributed by atoms with E-state index < -0.39 is 0 Å². The van der Waals surface area contributed by atoms with Crippen LogP contribution in [0.25, 0.3) is 101 Å². The normalized spacial score (nSPS) is 11.3. The van der Waals surface area contributed by atoms with Gasteiger partial charge in [-0.3, -0.25) is 0 Å². The molecule has 0 bridgehead atoms. The van der Waals surface area contributed by atoms with Crippen molar-refractivity contribution >= 4 is 21.9 Å². The quantitative estimate of drug-likeness (QED) is 0.163. The zero-order valence-corrected chi connectivity index (χ0v) is 29.4. The molecule has 0 saturated heterocycles. The Morgan fingerprint density at radius 3 is 1.11 bits per heavy atom. The van der Waals surface area contributed by atoms with E-state index in [-0.39, 0.29) is 0 Å². The summed E-state index contributed by atoms with van der Waals surface area (Å²) >= 11 is 0. The Morgan fingerprint density at radius 2 is 0.655 bits per heavy atom. The van der Waals surface area contributed by atoms with Crippen molar-refractivity contribution in [2.24, 2.45) is 0 Å². The van der Waals surface area contributed by atoms with Crippen LogP contribution in [-0.4, -0.2) is 29.9 Å². The molecule has 0 radical (unpaired) electrons. The highest BCUT2D eigenvalue weighted by molar-refractivity contribution is 6.10. The van der Waals surface area contributed by atoms with Crippen molar-refractivity contribution in [1.29, 1.82) is 0 Å². The molecule has 10 aromatic rings. The van der Waals surface area contributed by atoms with Crippen LogP contribution >= 0.6 is 0 Å². The lowest BCUT2D eigenvalue weighted by Gasteiger charge is -2.09. The van der Waals surface area contributed by atoms with Crippen molar-refractivity contribution < 1.29 is 4.42 Å². The van der Waals surface area contributed by atoms with Gasteiger partial charge in [0.05, 0.1) is 5.56 Å². The van der Waals surface area contributed by atoms with Gasteiger partial charge in [-0.1, -0.05) is 164 Å². The Balaban J connectivity index is 1.03. The van der Waals surface area contributed by atoms with E-state index in [4.69, 9.17) is 34.3 Å². The zero-order chi connectivity index (χ0) is 36.6. The molecule has 7 heteroatoms. The van der Waals surface area contributed by atoms with Crippen LogP contribution in [-0.2, 0) is 0 Å². The molecule has 0 aliphatic carbocycles. The van der Waals surface area contributed by atoms with Gasteiger partial charge in [0.2, 0.25) is 0 Å². The molecule has 55 heavy (non-hydrogen) atoms. The molecule has 7 aromatic carbocycles. The number of benzene rings is 7. The predicted octanol–water partition coefficient (Wildman–Crippen LogP) is 11.6. The van der Waals surface area contributed by atoms with Crippen molar-refractivity contribution in [2.75, 3.05) is 0 Å². The van der Waals surface area contributed by atoms with Gasteiger partial charge < -0.3 is 4.42 Å². The summed E-state index contributed by atoms with van der Waals surface area (Å²) in [4.78, 5) is 29.4. The maximum absolute atomic E-state index is 6.67. The van der Waals surface area contributed by atoms with Crippen LogP contribution in [0.15, 0.2) is 186 Å². The molecule has 0 spiro atoms. The SMILES string of the molecule is c1ccc(-c2nc(-c3ccccc3)nc(-c3ccc(-c4ccc5c(c4)oc4c(-c6nc(-c7ccccc7)nc(-c7ccccc7)n6)cccc45)cc3)n2)cc1. The maximum atomic E-state index is 6.67. The predicted molar refractivity (Wildman–Crippen MR) is 219 cm³/mol. The molecule has 0 fully saturated rings. The van der Waals surface area contributed by atoms with E-state index in [2.05, 4.69) is 48.5 Å². The van der Waals surface area contributed by atoms with E-state index in [1.165, 1.54) is 0 Å². The average Bonchev–Trinajstić information content (AvgIpc) is 3.66. The third-order valence-electron chi connectivity index (χ3n) is 9.61. The van der Waals surface area contributed by atoms with E-state index in [9.17, 15) is 0 Å². The first-order chi connectivity index (χ1) is 27.2. The Morgan fingerprint density at radius 1 is 0.273 bits per heavy atom. The second-order valence-corrected chi connectivity index (χ2v) is 13.1. The molecule has 10 rings (SSSR count). The van der Waals surface area contributed by atoms with Gasteiger partial charge >= 0.3 is 0 Å². The van der Waals surface area contributed by atoms with Crippen molar-refractivity contribution in [2.45, 2.75) is 0 Å². The van der Waals surface area contributed by atoms with Crippen LogP contribution in [0, 0.1) is 0 Å². The molecular formula is C48H30N6O. The molecule has 0 aliphatic rings. The Kier molecular flexibility index (Phi) is 8.00. The maximum Gasteiger partial charge on any atom is 0.167 e. The molecule has 0 N–H and O–H groups in total. The summed E-state index contributed by atoms with van der Waals surface area (Å²) < 4.78 is 6.67. The average molecular weight is 707 g/mol. The summed E-state index contributed by atoms with van der Waals surface area (Å²) in [6.45, 7) is 0. The van der Waals surface area contributed by atoms with Gasteiger partial charge in [-0.2, -0.15) is 0 Å². The fourth-order valence-electron chi connectivity index (χ4n) is 6.83. The van der Waals surface area contributed by atoms with Gasteiger partial charge in [0.15, 0.2) is 34.9 Å². The van der Waals surface area contributed by atoms with Crippen molar-refractivity contribution in [3.63, 3.8) is 0 Å². The van der Waals surface area contributed by atoms with Gasteiger partial charge in [0, 0.05) is 38.6 Å². The molecule has 7 nitrogen and oxygen atoms in total. The third kappa shape index (κ3) is 6.19. The van der Waals surface area contributed by atoms with Crippen LogP contribution in [0.3, 0.4) is 0 Å². The minimum atomic E-state index is 0.553. The van der Waals surface area contributed by atoms with Crippen molar-refractivity contribution in [3.8, 4) is 79.5 Å². The lowest BCUT2D eigenvalue weighted by Crippen LogP contribution is -2.00. The number of nitrogens with zero attached hydrogens (tertiary/aromatic N) is 6. The van der Waals surface area contributed by atoms with Crippen molar-refractivity contribution in [3.05, 3.63) is 182 Å². The molecule has 0 unspecified atom stereocenters. The van der Waals surface area contributed by atoms with Gasteiger partial charge in [0.1, 0.15) is 11.2 Å². The minimum Gasteiger partial charge on any atom is -0.455 e.